The molecule has 0 amide bonds. The molecule has 28 heavy (non-hydrogen) atoms. The van der Waals surface area contributed by atoms with Gasteiger partial charge in [-0.15, -0.1) is 0 Å². The molecule has 5 rings (SSSR count). The lowest BCUT2D eigenvalue weighted by atomic mass is 9.98. The van der Waals surface area contributed by atoms with E-state index in [2.05, 4.69) is 53.4 Å². The fourth-order valence-electron chi connectivity index (χ4n) is 4.48. The molecule has 0 saturated heterocycles. The van der Waals surface area contributed by atoms with Crippen LogP contribution in [0.25, 0.3) is 16.7 Å². The zero-order chi connectivity index (χ0) is 18.9. The Morgan fingerprint density at radius 3 is 2.61 bits per heavy atom. The Hall–Kier alpha value is -2.71. The lowest BCUT2D eigenvalue weighted by molar-refractivity contribution is 0.306. The Balaban J connectivity index is 1.24. The molecule has 1 aliphatic carbocycles. The molecule has 3 aromatic carbocycles. The average molecular weight is 369 g/mol. The number of halogens is 1. The Morgan fingerprint density at radius 2 is 1.75 bits per heavy atom. The zero-order valence-corrected chi connectivity index (χ0v) is 16.0. The summed E-state index contributed by atoms with van der Waals surface area (Å²) in [6, 6.07) is 22.7. The van der Waals surface area contributed by atoms with Crippen molar-refractivity contribution in [3.63, 3.8) is 0 Å². The van der Waals surface area contributed by atoms with Gasteiger partial charge in [0.05, 0.1) is 0 Å². The Morgan fingerprint density at radius 1 is 0.857 bits per heavy atom. The lowest BCUT2D eigenvalue weighted by Crippen LogP contribution is -2.30. The molecule has 0 spiro atoms. The first-order valence-corrected chi connectivity index (χ1v) is 10.1. The quantitative estimate of drug-likeness (QED) is 0.444. The van der Waals surface area contributed by atoms with Crippen molar-refractivity contribution in [1.82, 2.24) is 4.90 Å². The van der Waals surface area contributed by atoms with Crippen LogP contribution in [0.3, 0.4) is 0 Å². The van der Waals surface area contributed by atoms with Gasteiger partial charge in [0.15, 0.2) is 0 Å². The van der Waals surface area contributed by atoms with Crippen molar-refractivity contribution >= 4 is 5.57 Å². The van der Waals surface area contributed by atoms with E-state index < -0.39 is 0 Å². The summed E-state index contributed by atoms with van der Waals surface area (Å²) in [6.45, 7) is 3.04. The molecular formula is C26H24FN. The number of benzene rings is 3. The molecule has 3 aromatic rings. The van der Waals surface area contributed by atoms with E-state index in [1.165, 1.54) is 39.5 Å². The molecule has 0 aromatic heterocycles. The molecule has 1 aliphatic heterocycles. The normalized spacial score (nSPS) is 15.8. The second-order valence-electron chi connectivity index (χ2n) is 7.87. The maximum Gasteiger partial charge on any atom is 0.123 e. The third-order valence-electron chi connectivity index (χ3n) is 6.07. The number of hydrogen-bond acceptors (Lipinski definition) is 1. The molecule has 0 bridgehead atoms. The third-order valence-corrected chi connectivity index (χ3v) is 6.07. The van der Waals surface area contributed by atoms with Crippen LogP contribution in [-0.4, -0.2) is 24.5 Å². The largest absolute Gasteiger partial charge is 0.299 e. The van der Waals surface area contributed by atoms with Crippen molar-refractivity contribution in [3.8, 4) is 11.1 Å². The van der Waals surface area contributed by atoms with Crippen LogP contribution in [0.15, 0.2) is 72.8 Å². The van der Waals surface area contributed by atoms with E-state index in [0.717, 1.165) is 44.5 Å². The Labute approximate surface area is 166 Å². The van der Waals surface area contributed by atoms with Gasteiger partial charge in [-0.3, -0.25) is 4.90 Å². The van der Waals surface area contributed by atoms with Crippen molar-refractivity contribution in [2.75, 3.05) is 19.6 Å². The Bertz CT molecular complexity index is 1050. The smallest absolute Gasteiger partial charge is 0.123 e. The van der Waals surface area contributed by atoms with Gasteiger partial charge in [0, 0.05) is 19.6 Å². The average Bonchev–Trinajstić information content (AvgIpc) is 3.11. The molecule has 0 atom stereocenters. The van der Waals surface area contributed by atoms with Crippen molar-refractivity contribution in [1.29, 1.82) is 0 Å². The SMILES string of the molecule is Fc1cccc(C2=CCN(CCc3ccc4c(c3)-c3ccccc3C4)CC2)c1. The summed E-state index contributed by atoms with van der Waals surface area (Å²) in [5.41, 5.74) is 9.42. The third kappa shape index (κ3) is 3.41. The highest BCUT2D eigenvalue weighted by molar-refractivity contribution is 5.77. The summed E-state index contributed by atoms with van der Waals surface area (Å²) in [5.74, 6) is -0.154. The van der Waals surface area contributed by atoms with Gasteiger partial charge in [0.1, 0.15) is 5.82 Å². The number of nitrogens with zero attached hydrogens (tertiary/aromatic N) is 1. The highest BCUT2D eigenvalue weighted by atomic mass is 19.1. The first kappa shape index (κ1) is 17.4. The Kier molecular flexibility index (Phi) is 4.58. The van der Waals surface area contributed by atoms with Gasteiger partial charge in [-0.2, -0.15) is 0 Å². The van der Waals surface area contributed by atoms with Crippen LogP contribution in [0.5, 0.6) is 0 Å². The van der Waals surface area contributed by atoms with E-state index in [1.807, 2.05) is 6.07 Å². The maximum absolute atomic E-state index is 13.5. The monoisotopic (exact) mass is 369 g/mol. The number of fused-ring (bicyclic) bond motifs is 3. The fourth-order valence-corrected chi connectivity index (χ4v) is 4.48. The molecular weight excluding hydrogens is 345 g/mol. The van der Waals surface area contributed by atoms with Crippen LogP contribution < -0.4 is 0 Å². The van der Waals surface area contributed by atoms with E-state index in [0.29, 0.717) is 0 Å². The molecule has 2 heteroatoms. The molecule has 2 aliphatic rings. The molecule has 1 heterocycles. The lowest BCUT2D eigenvalue weighted by Gasteiger charge is -2.26. The van der Waals surface area contributed by atoms with Crippen LogP contribution in [0.2, 0.25) is 0 Å². The summed E-state index contributed by atoms with van der Waals surface area (Å²) >= 11 is 0. The van der Waals surface area contributed by atoms with Crippen LogP contribution >= 0.6 is 0 Å². The van der Waals surface area contributed by atoms with Gasteiger partial charge in [0.2, 0.25) is 0 Å². The van der Waals surface area contributed by atoms with E-state index in [-0.39, 0.29) is 5.82 Å². The molecule has 0 saturated carbocycles. The standard InChI is InChI=1S/C26H24FN/c27-24-6-3-5-21(18-24)20-11-14-28(15-12-20)13-10-19-8-9-23-17-22-4-1-2-7-25(22)26(23)16-19/h1-9,11,16,18H,10,12-15,17H2. The minimum atomic E-state index is -0.154. The number of rotatable bonds is 4. The first-order chi connectivity index (χ1) is 13.8. The summed E-state index contributed by atoms with van der Waals surface area (Å²) in [6.07, 6.45) is 5.38. The van der Waals surface area contributed by atoms with Crippen LogP contribution in [0, 0.1) is 5.82 Å². The molecule has 1 nitrogen and oxygen atoms in total. The van der Waals surface area contributed by atoms with E-state index in [4.69, 9.17) is 0 Å². The molecule has 0 unspecified atom stereocenters. The molecule has 140 valence electrons. The van der Waals surface area contributed by atoms with Gasteiger partial charge < -0.3 is 0 Å². The van der Waals surface area contributed by atoms with Crippen molar-refractivity contribution < 1.29 is 4.39 Å². The topological polar surface area (TPSA) is 3.24 Å². The van der Waals surface area contributed by atoms with Crippen molar-refractivity contribution in [3.05, 3.63) is 101 Å². The van der Waals surface area contributed by atoms with Crippen LogP contribution in [0.4, 0.5) is 4.39 Å². The highest BCUT2D eigenvalue weighted by Crippen LogP contribution is 2.37. The van der Waals surface area contributed by atoms with E-state index >= 15 is 0 Å². The summed E-state index contributed by atoms with van der Waals surface area (Å²) in [7, 11) is 0. The summed E-state index contributed by atoms with van der Waals surface area (Å²) < 4.78 is 13.5. The van der Waals surface area contributed by atoms with Crippen molar-refractivity contribution in [2.45, 2.75) is 19.3 Å². The summed E-state index contributed by atoms with van der Waals surface area (Å²) in [5, 5.41) is 0. The van der Waals surface area contributed by atoms with Gasteiger partial charge in [0.25, 0.3) is 0 Å². The minimum Gasteiger partial charge on any atom is -0.299 e. The minimum absolute atomic E-state index is 0.154. The van der Waals surface area contributed by atoms with Crippen LogP contribution in [-0.2, 0) is 12.8 Å². The first-order valence-electron chi connectivity index (χ1n) is 10.1. The van der Waals surface area contributed by atoms with Gasteiger partial charge in [-0.05, 0) is 70.3 Å². The van der Waals surface area contributed by atoms with Gasteiger partial charge in [-0.1, -0.05) is 60.7 Å². The van der Waals surface area contributed by atoms with E-state index in [9.17, 15) is 4.39 Å². The van der Waals surface area contributed by atoms with Gasteiger partial charge in [-0.25, -0.2) is 4.39 Å². The van der Waals surface area contributed by atoms with E-state index in [1.54, 1.807) is 12.1 Å². The number of hydrogen-bond donors (Lipinski definition) is 0. The molecule has 0 fully saturated rings. The molecule has 0 radical (unpaired) electrons. The van der Waals surface area contributed by atoms with Crippen molar-refractivity contribution in [2.24, 2.45) is 0 Å². The molecule has 0 N–H and O–H groups in total. The fraction of sp³-hybridized carbons (Fsp3) is 0.231. The maximum atomic E-state index is 13.5. The second-order valence-corrected chi connectivity index (χ2v) is 7.87. The predicted molar refractivity (Wildman–Crippen MR) is 114 cm³/mol. The van der Waals surface area contributed by atoms with Gasteiger partial charge >= 0.3 is 0 Å². The van der Waals surface area contributed by atoms with Crippen LogP contribution in [0.1, 0.15) is 28.7 Å². The summed E-state index contributed by atoms with van der Waals surface area (Å²) in [4.78, 5) is 2.49. The highest BCUT2D eigenvalue weighted by Gasteiger charge is 2.18. The second kappa shape index (κ2) is 7.37. The predicted octanol–water partition coefficient (Wildman–Crippen LogP) is 5.73. The zero-order valence-electron chi connectivity index (χ0n) is 16.0.